The van der Waals surface area contributed by atoms with Crippen molar-refractivity contribution in [1.82, 2.24) is 15.1 Å². The fraction of sp³-hybridized carbons (Fsp3) is 0.258. The van der Waals surface area contributed by atoms with Gasteiger partial charge in [-0.05, 0) is 68.5 Å². The summed E-state index contributed by atoms with van der Waals surface area (Å²) in [7, 11) is 0. The average molecular weight is 508 g/mol. The lowest BCUT2D eigenvalue weighted by molar-refractivity contribution is 0.0761. The molecule has 0 bridgehead atoms. The number of carbonyl (C=O) groups excluding carboxylic acids is 1. The molecule has 2 heterocycles. The Kier molecular flexibility index (Phi) is 7.11. The van der Waals surface area contributed by atoms with Crippen LogP contribution in [0.15, 0.2) is 89.4 Å². The monoisotopic (exact) mass is 507 g/mol. The second-order valence-corrected chi connectivity index (χ2v) is 10.1. The molecule has 5 rings (SSSR count). The Balaban J connectivity index is 1.54. The molecule has 38 heavy (non-hydrogen) atoms. The number of allylic oxidation sites excluding steroid dienone is 1. The zero-order valence-corrected chi connectivity index (χ0v) is 21.8. The van der Waals surface area contributed by atoms with E-state index in [4.69, 9.17) is 15.9 Å². The van der Waals surface area contributed by atoms with Gasteiger partial charge in [0.2, 0.25) is 11.8 Å². The molecule has 1 fully saturated rings. The van der Waals surface area contributed by atoms with Crippen LogP contribution in [0.5, 0.6) is 0 Å². The van der Waals surface area contributed by atoms with Crippen LogP contribution < -0.4 is 11.5 Å². The van der Waals surface area contributed by atoms with Gasteiger partial charge in [-0.3, -0.25) is 4.79 Å². The lowest BCUT2D eigenvalue weighted by Crippen LogP contribution is -2.35. The quantitative estimate of drug-likeness (QED) is 0.249. The van der Waals surface area contributed by atoms with Crippen LogP contribution in [0.4, 0.5) is 5.69 Å². The first-order chi connectivity index (χ1) is 18.4. The molecule has 0 aliphatic carbocycles. The number of likely N-dealkylation sites (tertiary alicyclic amines) is 1. The highest BCUT2D eigenvalue weighted by molar-refractivity contribution is 5.98. The van der Waals surface area contributed by atoms with E-state index in [0.29, 0.717) is 35.0 Å². The van der Waals surface area contributed by atoms with Crippen LogP contribution in [0.3, 0.4) is 0 Å². The molecule has 1 aromatic heterocycles. The number of para-hydroxylation sites is 1. The van der Waals surface area contributed by atoms with Crippen molar-refractivity contribution in [2.75, 3.05) is 12.3 Å². The Hall–Kier alpha value is -4.23. The smallest absolute Gasteiger partial charge is 0.254 e. The van der Waals surface area contributed by atoms with E-state index in [0.717, 1.165) is 36.1 Å². The molecule has 1 aliphatic heterocycles. The van der Waals surface area contributed by atoms with Crippen molar-refractivity contribution in [2.24, 2.45) is 5.73 Å². The number of carbonyl (C=O) groups is 1. The fourth-order valence-electron chi connectivity index (χ4n) is 5.09. The lowest BCUT2D eigenvalue weighted by Gasteiger charge is -2.23. The SMILES string of the molecule is C/C=C/[C@H]1CCCN1C(=O)c1cc(-c2nnc([C@](C)(N)Cc3ccccc3)o2)cc(-c2ccccc2N)c1. The van der Waals surface area contributed by atoms with Gasteiger partial charge in [-0.2, -0.15) is 0 Å². The van der Waals surface area contributed by atoms with E-state index in [-0.39, 0.29) is 11.9 Å². The van der Waals surface area contributed by atoms with Crippen molar-refractivity contribution in [3.8, 4) is 22.6 Å². The minimum absolute atomic E-state index is 0.0318. The van der Waals surface area contributed by atoms with Crippen molar-refractivity contribution in [2.45, 2.75) is 44.7 Å². The predicted molar refractivity (Wildman–Crippen MR) is 150 cm³/mol. The highest BCUT2D eigenvalue weighted by atomic mass is 16.4. The highest BCUT2D eigenvalue weighted by Gasteiger charge is 2.30. The maximum absolute atomic E-state index is 13.7. The van der Waals surface area contributed by atoms with Gasteiger partial charge in [0.25, 0.3) is 5.91 Å². The number of anilines is 1. The molecule has 7 heteroatoms. The van der Waals surface area contributed by atoms with Gasteiger partial charge in [0, 0.05) is 28.9 Å². The molecular formula is C31H33N5O2. The zero-order chi connectivity index (χ0) is 26.7. The molecule has 1 aliphatic rings. The van der Waals surface area contributed by atoms with Gasteiger partial charge in [-0.1, -0.05) is 60.7 Å². The lowest BCUT2D eigenvalue weighted by atomic mass is 9.94. The number of aromatic nitrogens is 2. The first kappa shape index (κ1) is 25.4. The van der Waals surface area contributed by atoms with Gasteiger partial charge in [-0.15, -0.1) is 10.2 Å². The second-order valence-electron chi connectivity index (χ2n) is 10.1. The summed E-state index contributed by atoms with van der Waals surface area (Å²) in [5.41, 5.74) is 16.6. The normalized spacial score (nSPS) is 17.1. The van der Waals surface area contributed by atoms with E-state index < -0.39 is 5.54 Å². The van der Waals surface area contributed by atoms with Crippen LogP contribution in [0.1, 0.15) is 48.5 Å². The van der Waals surface area contributed by atoms with Gasteiger partial charge >= 0.3 is 0 Å². The van der Waals surface area contributed by atoms with Crippen molar-refractivity contribution in [3.63, 3.8) is 0 Å². The fourth-order valence-corrected chi connectivity index (χ4v) is 5.09. The maximum atomic E-state index is 13.7. The third kappa shape index (κ3) is 5.24. The second kappa shape index (κ2) is 10.6. The molecule has 7 nitrogen and oxygen atoms in total. The van der Waals surface area contributed by atoms with E-state index in [1.165, 1.54) is 0 Å². The predicted octanol–water partition coefficient (Wildman–Crippen LogP) is 5.58. The Morgan fingerprint density at radius 3 is 2.58 bits per heavy atom. The van der Waals surface area contributed by atoms with Crippen molar-refractivity contribution >= 4 is 11.6 Å². The van der Waals surface area contributed by atoms with Crippen LogP contribution in [-0.2, 0) is 12.0 Å². The molecule has 1 saturated heterocycles. The minimum atomic E-state index is -0.859. The molecule has 3 aromatic carbocycles. The maximum Gasteiger partial charge on any atom is 0.254 e. The average Bonchev–Trinajstić information content (AvgIpc) is 3.60. The summed E-state index contributed by atoms with van der Waals surface area (Å²) in [4.78, 5) is 15.6. The third-order valence-electron chi connectivity index (χ3n) is 7.00. The molecule has 0 spiro atoms. The van der Waals surface area contributed by atoms with Crippen molar-refractivity contribution < 1.29 is 9.21 Å². The molecule has 0 saturated carbocycles. The van der Waals surface area contributed by atoms with Crippen LogP contribution in [-0.4, -0.2) is 33.6 Å². The van der Waals surface area contributed by atoms with E-state index in [1.54, 1.807) is 0 Å². The summed E-state index contributed by atoms with van der Waals surface area (Å²) in [6, 6.07) is 23.3. The van der Waals surface area contributed by atoms with Gasteiger partial charge in [0.05, 0.1) is 11.6 Å². The largest absolute Gasteiger partial charge is 0.419 e. The van der Waals surface area contributed by atoms with Crippen LogP contribution in [0.25, 0.3) is 22.6 Å². The first-order valence-corrected chi connectivity index (χ1v) is 13.0. The molecule has 1 amide bonds. The van der Waals surface area contributed by atoms with Crippen LogP contribution >= 0.6 is 0 Å². The summed E-state index contributed by atoms with van der Waals surface area (Å²) >= 11 is 0. The Morgan fingerprint density at radius 2 is 1.82 bits per heavy atom. The van der Waals surface area contributed by atoms with Crippen molar-refractivity contribution in [3.05, 3.63) is 102 Å². The van der Waals surface area contributed by atoms with Crippen LogP contribution in [0, 0.1) is 0 Å². The number of nitrogen functional groups attached to an aromatic ring is 1. The molecule has 2 atom stereocenters. The summed E-state index contributed by atoms with van der Waals surface area (Å²) < 4.78 is 6.13. The standard InChI is InChI=1S/C31H33N5O2/c1-3-10-25-13-9-16-36(25)29(37)24-18-22(26-14-7-8-15-27(26)32)17-23(19-24)28-34-35-30(38-28)31(2,33)20-21-11-5-4-6-12-21/h3-8,10-12,14-15,17-19,25H,9,13,16,20,32-33H2,1-2H3/b10-3+/t25-,31+/m0/s1. The number of rotatable bonds is 7. The zero-order valence-electron chi connectivity index (χ0n) is 21.8. The van der Waals surface area contributed by atoms with E-state index in [1.807, 2.05) is 97.6 Å². The van der Waals surface area contributed by atoms with E-state index in [9.17, 15) is 4.79 Å². The highest BCUT2D eigenvalue weighted by Crippen LogP contribution is 2.33. The molecule has 0 unspecified atom stereocenters. The molecule has 4 aromatic rings. The summed E-state index contributed by atoms with van der Waals surface area (Å²) in [5, 5.41) is 8.63. The Bertz CT molecular complexity index is 1460. The number of hydrogen-bond donors (Lipinski definition) is 2. The Morgan fingerprint density at radius 1 is 1.08 bits per heavy atom. The summed E-state index contributed by atoms with van der Waals surface area (Å²) in [6.07, 6.45) is 6.56. The number of hydrogen-bond acceptors (Lipinski definition) is 6. The first-order valence-electron chi connectivity index (χ1n) is 13.0. The topological polar surface area (TPSA) is 111 Å². The Labute approximate surface area is 223 Å². The minimum Gasteiger partial charge on any atom is -0.419 e. The molecule has 194 valence electrons. The number of amides is 1. The van der Waals surface area contributed by atoms with Gasteiger partial charge in [0.15, 0.2) is 0 Å². The molecule has 4 N–H and O–H groups in total. The summed E-state index contributed by atoms with van der Waals surface area (Å²) in [6.45, 7) is 4.58. The van der Waals surface area contributed by atoms with E-state index >= 15 is 0 Å². The van der Waals surface area contributed by atoms with Crippen molar-refractivity contribution in [1.29, 1.82) is 0 Å². The molecular weight excluding hydrogens is 474 g/mol. The number of benzene rings is 3. The summed E-state index contributed by atoms with van der Waals surface area (Å²) in [5.74, 6) is 0.610. The van der Waals surface area contributed by atoms with Crippen LogP contribution in [0.2, 0.25) is 0 Å². The van der Waals surface area contributed by atoms with Gasteiger partial charge in [0.1, 0.15) is 0 Å². The van der Waals surface area contributed by atoms with Gasteiger partial charge in [-0.25, -0.2) is 0 Å². The third-order valence-corrected chi connectivity index (χ3v) is 7.00. The van der Waals surface area contributed by atoms with E-state index in [2.05, 4.69) is 16.3 Å². The number of nitrogens with two attached hydrogens (primary N) is 2. The molecule has 0 radical (unpaired) electrons. The van der Waals surface area contributed by atoms with Gasteiger partial charge < -0.3 is 20.8 Å². The number of nitrogens with zero attached hydrogens (tertiary/aromatic N) is 3.